The molecule has 3 nitrogen and oxygen atoms in total. The zero-order valence-corrected chi connectivity index (χ0v) is 10.5. The standard InChI is InChI=1S/C11H7BrN2OS/c12-9-4-2-6-14-11(9)16-10-8(7-15)3-1-5-13-10/h1-7H. The number of aldehydes is 1. The molecule has 0 aromatic carbocycles. The van der Waals surface area contributed by atoms with E-state index in [9.17, 15) is 4.79 Å². The summed E-state index contributed by atoms with van der Waals surface area (Å²) < 4.78 is 0.891. The maximum atomic E-state index is 10.8. The fourth-order valence-corrected chi connectivity index (χ4v) is 2.42. The molecule has 0 aliphatic carbocycles. The summed E-state index contributed by atoms with van der Waals surface area (Å²) >= 11 is 4.77. The monoisotopic (exact) mass is 294 g/mol. The molecule has 0 fully saturated rings. The predicted molar refractivity (Wildman–Crippen MR) is 65.7 cm³/mol. The van der Waals surface area contributed by atoms with Gasteiger partial charge in [0, 0.05) is 18.0 Å². The van der Waals surface area contributed by atoms with Crippen LogP contribution < -0.4 is 0 Å². The van der Waals surface area contributed by atoms with Crippen LogP contribution in [-0.2, 0) is 0 Å². The van der Waals surface area contributed by atoms with Crippen molar-refractivity contribution in [2.24, 2.45) is 0 Å². The molecule has 2 rings (SSSR count). The zero-order valence-electron chi connectivity index (χ0n) is 8.13. The number of carbonyl (C=O) groups excluding carboxylic acids is 1. The van der Waals surface area contributed by atoms with Crippen molar-refractivity contribution in [2.75, 3.05) is 0 Å². The van der Waals surface area contributed by atoms with Gasteiger partial charge in [0.15, 0.2) is 6.29 Å². The molecule has 0 amide bonds. The molecular weight excluding hydrogens is 288 g/mol. The Morgan fingerprint density at radius 1 is 1.12 bits per heavy atom. The quantitative estimate of drug-likeness (QED) is 0.816. The lowest BCUT2D eigenvalue weighted by Crippen LogP contribution is -1.89. The van der Waals surface area contributed by atoms with Gasteiger partial charge in [-0.05, 0) is 52.0 Å². The van der Waals surface area contributed by atoms with Gasteiger partial charge < -0.3 is 0 Å². The first-order valence-corrected chi connectivity index (χ1v) is 6.11. The van der Waals surface area contributed by atoms with Crippen LogP contribution in [0.5, 0.6) is 0 Å². The summed E-state index contributed by atoms with van der Waals surface area (Å²) in [5.74, 6) is 0. The van der Waals surface area contributed by atoms with Gasteiger partial charge in [-0.3, -0.25) is 4.79 Å². The smallest absolute Gasteiger partial charge is 0.152 e. The van der Waals surface area contributed by atoms with Gasteiger partial charge in [0.2, 0.25) is 0 Å². The van der Waals surface area contributed by atoms with E-state index in [1.165, 1.54) is 11.8 Å². The number of rotatable bonds is 3. The van der Waals surface area contributed by atoms with E-state index >= 15 is 0 Å². The van der Waals surface area contributed by atoms with E-state index in [2.05, 4.69) is 25.9 Å². The lowest BCUT2D eigenvalue weighted by atomic mass is 10.3. The largest absolute Gasteiger partial charge is 0.298 e. The van der Waals surface area contributed by atoms with Crippen molar-refractivity contribution >= 4 is 34.0 Å². The molecule has 0 saturated carbocycles. The summed E-state index contributed by atoms with van der Waals surface area (Å²) in [6.07, 6.45) is 4.16. The maximum absolute atomic E-state index is 10.8. The number of hydrogen-bond donors (Lipinski definition) is 0. The molecule has 0 unspecified atom stereocenters. The number of hydrogen-bond acceptors (Lipinski definition) is 4. The van der Waals surface area contributed by atoms with Crippen molar-refractivity contribution in [3.63, 3.8) is 0 Å². The fourth-order valence-electron chi connectivity index (χ4n) is 1.12. The Morgan fingerprint density at radius 2 is 1.81 bits per heavy atom. The molecule has 2 aromatic heterocycles. The topological polar surface area (TPSA) is 42.9 Å². The highest BCUT2D eigenvalue weighted by Gasteiger charge is 2.07. The van der Waals surface area contributed by atoms with Gasteiger partial charge in [0.1, 0.15) is 10.1 Å². The van der Waals surface area contributed by atoms with Crippen molar-refractivity contribution in [1.29, 1.82) is 0 Å². The molecule has 0 bridgehead atoms. The molecule has 2 aromatic rings. The third-order valence-corrected chi connectivity index (χ3v) is 3.80. The third kappa shape index (κ3) is 2.48. The number of carbonyl (C=O) groups is 1. The van der Waals surface area contributed by atoms with Gasteiger partial charge in [-0.25, -0.2) is 9.97 Å². The van der Waals surface area contributed by atoms with Crippen LogP contribution in [0.2, 0.25) is 0 Å². The molecular formula is C11H7BrN2OS. The van der Waals surface area contributed by atoms with Crippen LogP contribution in [0, 0.1) is 0 Å². The van der Waals surface area contributed by atoms with Crippen LogP contribution >= 0.6 is 27.7 Å². The van der Waals surface area contributed by atoms with Crippen LogP contribution in [0.4, 0.5) is 0 Å². The van der Waals surface area contributed by atoms with Gasteiger partial charge in [-0.15, -0.1) is 0 Å². The van der Waals surface area contributed by atoms with Crippen molar-refractivity contribution in [3.8, 4) is 0 Å². The first-order valence-electron chi connectivity index (χ1n) is 4.50. The molecule has 0 radical (unpaired) electrons. The summed E-state index contributed by atoms with van der Waals surface area (Å²) in [5, 5.41) is 1.46. The van der Waals surface area contributed by atoms with Gasteiger partial charge in [0.05, 0.1) is 4.47 Å². The summed E-state index contributed by atoms with van der Waals surface area (Å²) in [7, 11) is 0. The summed E-state index contributed by atoms with van der Waals surface area (Å²) in [6.45, 7) is 0. The van der Waals surface area contributed by atoms with E-state index < -0.39 is 0 Å². The van der Waals surface area contributed by atoms with Crippen LogP contribution in [0.3, 0.4) is 0 Å². The first kappa shape index (κ1) is 11.3. The Bertz CT molecular complexity index is 519. The zero-order chi connectivity index (χ0) is 11.4. The van der Waals surface area contributed by atoms with Gasteiger partial charge in [0.25, 0.3) is 0 Å². The fraction of sp³-hybridized carbons (Fsp3) is 0. The summed E-state index contributed by atoms with van der Waals surface area (Å²) in [5.41, 5.74) is 0.574. The second kappa shape index (κ2) is 5.23. The lowest BCUT2D eigenvalue weighted by molar-refractivity contribution is 0.112. The molecule has 0 aliphatic heterocycles. The summed E-state index contributed by atoms with van der Waals surface area (Å²) in [4.78, 5) is 19.2. The molecule has 0 N–H and O–H groups in total. The highest BCUT2D eigenvalue weighted by atomic mass is 79.9. The Labute approximate surface area is 105 Å². The molecule has 16 heavy (non-hydrogen) atoms. The average Bonchev–Trinajstić information content (AvgIpc) is 2.33. The minimum Gasteiger partial charge on any atom is -0.298 e. The maximum Gasteiger partial charge on any atom is 0.152 e. The second-order valence-corrected chi connectivity index (χ2v) is 4.74. The number of nitrogens with zero attached hydrogens (tertiary/aromatic N) is 2. The highest BCUT2D eigenvalue weighted by molar-refractivity contribution is 9.10. The Morgan fingerprint density at radius 3 is 2.50 bits per heavy atom. The molecule has 0 saturated heterocycles. The van der Waals surface area contributed by atoms with Crippen molar-refractivity contribution in [3.05, 3.63) is 46.7 Å². The van der Waals surface area contributed by atoms with Crippen LogP contribution in [0.15, 0.2) is 51.2 Å². The number of pyridine rings is 2. The van der Waals surface area contributed by atoms with Crippen LogP contribution in [0.1, 0.15) is 10.4 Å². The van der Waals surface area contributed by atoms with Crippen molar-refractivity contribution in [2.45, 2.75) is 10.1 Å². The van der Waals surface area contributed by atoms with E-state index in [1.807, 2.05) is 12.1 Å². The number of aromatic nitrogens is 2. The van der Waals surface area contributed by atoms with Gasteiger partial charge in [-0.2, -0.15) is 0 Å². The van der Waals surface area contributed by atoms with Crippen LogP contribution in [-0.4, -0.2) is 16.3 Å². The van der Waals surface area contributed by atoms with Crippen LogP contribution in [0.25, 0.3) is 0 Å². The van der Waals surface area contributed by atoms with Crippen molar-refractivity contribution < 1.29 is 4.79 Å². The molecule has 5 heteroatoms. The second-order valence-electron chi connectivity index (χ2n) is 2.91. The SMILES string of the molecule is O=Cc1cccnc1Sc1ncccc1Br. The minimum atomic E-state index is 0.574. The first-order chi connectivity index (χ1) is 7.81. The Balaban J connectivity index is 2.34. The molecule has 0 aliphatic rings. The number of halogens is 1. The highest BCUT2D eigenvalue weighted by Crippen LogP contribution is 2.31. The average molecular weight is 295 g/mol. The van der Waals surface area contributed by atoms with E-state index in [1.54, 1.807) is 24.5 Å². The summed E-state index contributed by atoms with van der Waals surface area (Å²) in [6, 6.07) is 7.21. The minimum absolute atomic E-state index is 0.574. The molecule has 0 spiro atoms. The van der Waals surface area contributed by atoms with Crippen molar-refractivity contribution in [1.82, 2.24) is 9.97 Å². The van der Waals surface area contributed by atoms with E-state index in [-0.39, 0.29) is 0 Å². The normalized spacial score (nSPS) is 10.1. The third-order valence-electron chi connectivity index (χ3n) is 1.85. The van der Waals surface area contributed by atoms with E-state index in [4.69, 9.17) is 0 Å². The van der Waals surface area contributed by atoms with Gasteiger partial charge >= 0.3 is 0 Å². The van der Waals surface area contributed by atoms with E-state index in [0.29, 0.717) is 10.6 Å². The molecule has 2 heterocycles. The predicted octanol–water partition coefficient (Wildman–Crippen LogP) is 3.20. The molecule has 0 atom stereocenters. The Hall–Kier alpha value is -1.20. The van der Waals surface area contributed by atoms with Gasteiger partial charge in [-0.1, -0.05) is 0 Å². The Kier molecular flexibility index (Phi) is 3.69. The molecule has 80 valence electrons. The van der Waals surface area contributed by atoms with E-state index in [0.717, 1.165) is 15.8 Å². The lowest BCUT2D eigenvalue weighted by Gasteiger charge is -2.03.